The van der Waals surface area contributed by atoms with Crippen molar-refractivity contribution < 1.29 is 9.47 Å². The first kappa shape index (κ1) is 22.6. The summed E-state index contributed by atoms with van der Waals surface area (Å²) in [6.45, 7) is 7.83. The molecule has 2 N–H and O–H groups in total. The molecule has 23 heavy (non-hydrogen) atoms. The van der Waals surface area contributed by atoms with Crippen LogP contribution in [0.3, 0.4) is 0 Å². The lowest BCUT2D eigenvalue weighted by Gasteiger charge is -2.11. The molecule has 0 unspecified atom stereocenters. The summed E-state index contributed by atoms with van der Waals surface area (Å²) in [4.78, 5) is 8.80. The van der Waals surface area contributed by atoms with Crippen LogP contribution >= 0.6 is 35.3 Å². The van der Waals surface area contributed by atoms with Crippen LogP contribution in [0.15, 0.2) is 10.4 Å². The van der Waals surface area contributed by atoms with E-state index in [2.05, 4.69) is 39.8 Å². The highest BCUT2D eigenvalue weighted by Gasteiger charge is 2.06. The number of ether oxygens (including phenoxy) is 2. The maximum atomic E-state index is 5.41. The molecule has 0 fully saturated rings. The van der Waals surface area contributed by atoms with Gasteiger partial charge in [-0.2, -0.15) is 0 Å². The lowest BCUT2D eigenvalue weighted by atomic mass is 10.2. The van der Waals surface area contributed by atoms with E-state index in [1.807, 2.05) is 0 Å². The molecule has 6 nitrogen and oxygen atoms in total. The zero-order valence-electron chi connectivity index (χ0n) is 14.4. The maximum Gasteiger partial charge on any atom is 0.191 e. The van der Waals surface area contributed by atoms with Crippen molar-refractivity contribution in [2.45, 2.75) is 32.7 Å². The number of hydrogen-bond donors (Lipinski definition) is 2. The van der Waals surface area contributed by atoms with E-state index in [4.69, 9.17) is 9.47 Å². The smallest absolute Gasteiger partial charge is 0.191 e. The summed E-state index contributed by atoms with van der Waals surface area (Å²) >= 11 is 1.71. The predicted molar refractivity (Wildman–Crippen MR) is 107 cm³/mol. The molecule has 134 valence electrons. The molecule has 0 aliphatic rings. The average Bonchev–Trinajstić information content (AvgIpc) is 2.98. The number of hydrogen-bond acceptors (Lipinski definition) is 5. The van der Waals surface area contributed by atoms with Gasteiger partial charge in [-0.15, -0.1) is 35.3 Å². The Balaban J connectivity index is 0.00000484. The van der Waals surface area contributed by atoms with Crippen LogP contribution in [-0.4, -0.2) is 51.5 Å². The summed E-state index contributed by atoms with van der Waals surface area (Å²) < 4.78 is 10.3. The first-order chi connectivity index (χ1) is 10.7. The van der Waals surface area contributed by atoms with Crippen molar-refractivity contribution in [3.8, 4) is 0 Å². The van der Waals surface area contributed by atoms with Gasteiger partial charge in [0.2, 0.25) is 0 Å². The molecule has 0 atom stereocenters. The highest BCUT2D eigenvalue weighted by Crippen LogP contribution is 2.18. The van der Waals surface area contributed by atoms with Crippen LogP contribution < -0.4 is 10.6 Å². The average molecular weight is 456 g/mol. The number of halogens is 1. The fraction of sp³-hybridized carbons (Fsp3) is 0.733. The van der Waals surface area contributed by atoms with E-state index in [1.54, 1.807) is 25.5 Å². The highest BCUT2D eigenvalue weighted by atomic mass is 127. The minimum atomic E-state index is 0. The number of guanidine groups is 1. The number of methoxy groups -OCH3 is 1. The monoisotopic (exact) mass is 456 g/mol. The Bertz CT molecular complexity index is 441. The topological polar surface area (TPSA) is 67.8 Å². The Morgan fingerprint density at radius 2 is 2.09 bits per heavy atom. The summed E-state index contributed by atoms with van der Waals surface area (Å²) in [5.74, 6) is 1.27. The molecule has 8 heteroatoms. The van der Waals surface area contributed by atoms with E-state index < -0.39 is 0 Å². The molecule has 0 saturated heterocycles. The lowest BCUT2D eigenvalue weighted by Crippen LogP contribution is -2.37. The van der Waals surface area contributed by atoms with Gasteiger partial charge in [0.15, 0.2) is 5.96 Å². The quantitative estimate of drug-likeness (QED) is 0.245. The molecule has 0 radical (unpaired) electrons. The van der Waals surface area contributed by atoms with Crippen molar-refractivity contribution in [1.82, 2.24) is 15.6 Å². The van der Waals surface area contributed by atoms with Gasteiger partial charge in [-0.25, -0.2) is 4.98 Å². The standard InChI is InChI=1S/C15H28N4O2S.HI/c1-12(2)14-19-13(11-22-14)10-18-15(16-3)17-6-5-7-21-9-8-20-4;/h11-12H,5-10H2,1-4H3,(H2,16,17,18);1H. The minimum Gasteiger partial charge on any atom is -0.382 e. The fourth-order valence-corrected chi connectivity index (χ4v) is 2.52. The van der Waals surface area contributed by atoms with E-state index in [0.717, 1.165) is 31.2 Å². The van der Waals surface area contributed by atoms with Crippen molar-refractivity contribution >= 4 is 41.3 Å². The van der Waals surface area contributed by atoms with Gasteiger partial charge in [0.1, 0.15) is 0 Å². The largest absolute Gasteiger partial charge is 0.382 e. The molecule has 0 amide bonds. The van der Waals surface area contributed by atoms with Crippen LogP contribution in [0.2, 0.25) is 0 Å². The second-order valence-corrected chi connectivity index (χ2v) is 6.03. The third-order valence-electron chi connectivity index (χ3n) is 2.91. The van der Waals surface area contributed by atoms with Crippen LogP contribution in [0, 0.1) is 0 Å². The molecule has 0 saturated carbocycles. The first-order valence-corrected chi connectivity index (χ1v) is 8.50. The van der Waals surface area contributed by atoms with Gasteiger partial charge >= 0.3 is 0 Å². The van der Waals surface area contributed by atoms with Crippen molar-refractivity contribution in [2.75, 3.05) is 40.5 Å². The van der Waals surface area contributed by atoms with Crippen molar-refractivity contribution in [1.29, 1.82) is 0 Å². The van der Waals surface area contributed by atoms with Crippen molar-refractivity contribution in [3.63, 3.8) is 0 Å². The summed E-state index contributed by atoms with van der Waals surface area (Å²) in [6, 6.07) is 0. The lowest BCUT2D eigenvalue weighted by molar-refractivity contribution is 0.0698. The van der Waals surface area contributed by atoms with E-state index >= 15 is 0 Å². The van der Waals surface area contributed by atoms with Crippen LogP contribution in [-0.2, 0) is 16.0 Å². The molecule has 0 aliphatic carbocycles. The molecule has 0 aliphatic heterocycles. The maximum absolute atomic E-state index is 5.41. The predicted octanol–water partition coefficient (Wildman–Crippen LogP) is 2.60. The summed E-state index contributed by atoms with van der Waals surface area (Å²) in [7, 11) is 3.44. The molecule has 1 aromatic rings. The number of nitrogens with zero attached hydrogens (tertiary/aromatic N) is 2. The molecule has 0 bridgehead atoms. The fourth-order valence-electron chi connectivity index (χ4n) is 1.69. The van der Waals surface area contributed by atoms with Gasteiger partial charge in [0, 0.05) is 38.6 Å². The van der Waals surface area contributed by atoms with Gasteiger partial charge in [-0.3, -0.25) is 4.99 Å². The molecule has 0 aromatic carbocycles. The van der Waals surface area contributed by atoms with Crippen LogP contribution in [0.1, 0.15) is 36.9 Å². The zero-order chi connectivity index (χ0) is 16.2. The Hall–Kier alpha value is -0.450. The molecule has 1 rings (SSSR count). The summed E-state index contributed by atoms with van der Waals surface area (Å²) in [6.07, 6.45) is 0.929. The number of thiazole rings is 1. The van der Waals surface area contributed by atoms with E-state index in [9.17, 15) is 0 Å². The molecule has 1 aromatic heterocycles. The molecule has 1 heterocycles. The van der Waals surface area contributed by atoms with E-state index in [-0.39, 0.29) is 24.0 Å². The molecule has 0 spiro atoms. The number of rotatable bonds is 10. The van der Waals surface area contributed by atoms with Gasteiger partial charge in [-0.05, 0) is 6.42 Å². The number of aromatic nitrogens is 1. The number of nitrogens with one attached hydrogen (secondary N) is 2. The van der Waals surface area contributed by atoms with Crippen LogP contribution in [0.5, 0.6) is 0 Å². The van der Waals surface area contributed by atoms with Gasteiger partial charge in [0.25, 0.3) is 0 Å². The van der Waals surface area contributed by atoms with E-state index in [1.165, 1.54) is 5.01 Å². The third kappa shape index (κ3) is 10.1. The Morgan fingerprint density at radius 1 is 1.30 bits per heavy atom. The SMILES string of the molecule is CN=C(NCCCOCCOC)NCc1csc(C(C)C)n1.I. The molecular formula is C15H29IN4O2S. The second-order valence-electron chi connectivity index (χ2n) is 5.14. The third-order valence-corrected chi connectivity index (χ3v) is 4.11. The Labute approximate surface area is 160 Å². The van der Waals surface area contributed by atoms with Crippen molar-refractivity contribution in [3.05, 3.63) is 16.1 Å². The van der Waals surface area contributed by atoms with Crippen LogP contribution in [0.4, 0.5) is 0 Å². The minimum absolute atomic E-state index is 0. The summed E-state index contributed by atoms with van der Waals surface area (Å²) in [5.41, 5.74) is 1.06. The Morgan fingerprint density at radius 3 is 2.70 bits per heavy atom. The second kappa shape index (κ2) is 13.9. The zero-order valence-corrected chi connectivity index (χ0v) is 17.6. The molecular weight excluding hydrogens is 427 g/mol. The first-order valence-electron chi connectivity index (χ1n) is 7.62. The normalized spacial score (nSPS) is 11.4. The number of aliphatic imine (C=N–C) groups is 1. The summed E-state index contributed by atoms with van der Waals surface area (Å²) in [5, 5.41) is 9.81. The highest BCUT2D eigenvalue weighted by molar-refractivity contribution is 14.0. The van der Waals surface area contributed by atoms with E-state index in [0.29, 0.717) is 25.7 Å². The van der Waals surface area contributed by atoms with Crippen LogP contribution in [0.25, 0.3) is 0 Å². The van der Waals surface area contributed by atoms with Gasteiger partial charge in [-0.1, -0.05) is 13.8 Å². The Kier molecular flexibility index (Phi) is 13.7. The van der Waals surface area contributed by atoms with Crippen molar-refractivity contribution in [2.24, 2.45) is 4.99 Å². The van der Waals surface area contributed by atoms with Gasteiger partial charge < -0.3 is 20.1 Å². The van der Waals surface area contributed by atoms with Gasteiger partial charge in [0.05, 0.1) is 30.5 Å².